The molecule has 1 aliphatic carbocycles. The van der Waals surface area contributed by atoms with E-state index in [1.807, 2.05) is 6.92 Å². The molecule has 2 aromatic carbocycles. The van der Waals surface area contributed by atoms with Gasteiger partial charge in [-0.05, 0) is 61.1 Å². The molecule has 1 aromatic heterocycles. The third kappa shape index (κ3) is 5.53. The molecule has 5 rings (SSSR count). The molecule has 2 heterocycles. The van der Waals surface area contributed by atoms with Crippen LogP contribution in [0, 0.1) is 0 Å². The van der Waals surface area contributed by atoms with Gasteiger partial charge in [0.25, 0.3) is 11.8 Å². The van der Waals surface area contributed by atoms with Gasteiger partial charge in [0.2, 0.25) is 12.7 Å². The molecule has 2 aliphatic rings. The van der Waals surface area contributed by atoms with Crippen LogP contribution in [0.25, 0.3) is 0 Å². The van der Waals surface area contributed by atoms with Crippen molar-refractivity contribution < 1.29 is 28.6 Å². The molecular formula is C28H31N5O6S. The SMILES string of the molecule is CCOc1ccc([C@H](C(=O)NC2CCCCC2)N(C(=O)c2snc(C(N)=O)c2N)c2ccc3c(c2)OCO3)cc1. The average molecular weight is 566 g/mol. The van der Waals surface area contributed by atoms with Gasteiger partial charge in [-0.3, -0.25) is 19.3 Å². The lowest BCUT2D eigenvalue weighted by atomic mass is 9.94. The summed E-state index contributed by atoms with van der Waals surface area (Å²) in [6.45, 7) is 2.41. The van der Waals surface area contributed by atoms with E-state index in [1.165, 1.54) is 4.90 Å². The molecule has 3 amide bonds. The van der Waals surface area contributed by atoms with Crippen LogP contribution in [0.2, 0.25) is 0 Å². The molecule has 0 saturated heterocycles. The zero-order valence-corrected chi connectivity index (χ0v) is 22.9. The van der Waals surface area contributed by atoms with Gasteiger partial charge >= 0.3 is 0 Å². The summed E-state index contributed by atoms with van der Waals surface area (Å²) in [7, 11) is 0. The predicted molar refractivity (Wildman–Crippen MR) is 150 cm³/mol. The summed E-state index contributed by atoms with van der Waals surface area (Å²) in [4.78, 5) is 41.6. The second kappa shape index (κ2) is 11.8. The van der Waals surface area contributed by atoms with Crippen LogP contribution >= 0.6 is 11.5 Å². The van der Waals surface area contributed by atoms with Crippen molar-refractivity contribution in [3.05, 3.63) is 58.6 Å². The van der Waals surface area contributed by atoms with Crippen molar-refractivity contribution in [1.29, 1.82) is 0 Å². The fraction of sp³-hybridized carbons (Fsp3) is 0.357. The second-order valence-electron chi connectivity index (χ2n) is 9.60. The van der Waals surface area contributed by atoms with Gasteiger partial charge in [0.05, 0.1) is 12.3 Å². The largest absolute Gasteiger partial charge is 0.494 e. The molecule has 1 atom stereocenters. The average Bonchev–Trinajstić information content (AvgIpc) is 3.58. The molecule has 210 valence electrons. The van der Waals surface area contributed by atoms with E-state index in [9.17, 15) is 14.4 Å². The number of hydrogen-bond acceptors (Lipinski definition) is 9. The topological polar surface area (TPSA) is 159 Å². The Labute approximate surface area is 235 Å². The number of nitrogen functional groups attached to an aromatic ring is 1. The highest BCUT2D eigenvalue weighted by Crippen LogP contribution is 2.40. The molecule has 0 unspecified atom stereocenters. The van der Waals surface area contributed by atoms with Gasteiger partial charge < -0.3 is 31.0 Å². The normalized spacial score (nSPS) is 15.3. The lowest BCUT2D eigenvalue weighted by Crippen LogP contribution is -2.47. The summed E-state index contributed by atoms with van der Waals surface area (Å²) in [5.74, 6) is -0.214. The van der Waals surface area contributed by atoms with E-state index in [-0.39, 0.29) is 35.0 Å². The third-order valence-electron chi connectivity index (χ3n) is 6.97. The predicted octanol–water partition coefficient (Wildman–Crippen LogP) is 3.79. The number of anilines is 2. The Morgan fingerprint density at radius 2 is 1.82 bits per heavy atom. The van der Waals surface area contributed by atoms with Gasteiger partial charge in [0, 0.05) is 17.8 Å². The van der Waals surface area contributed by atoms with Gasteiger partial charge in [-0.25, -0.2) is 0 Å². The van der Waals surface area contributed by atoms with Crippen molar-refractivity contribution in [3.63, 3.8) is 0 Å². The summed E-state index contributed by atoms with van der Waals surface area (Å²) in [5, 5.41) is 3.17. The number of amides is 3. The maximum absolute atomic E-state index is 14.3. The number of rotatable bonds is 9. The Balaban J connectivity index is 1.62. The number of ether oxygens (including phenoxy) is 3. The molecule has 11 nitrogen and oxygen atoms in total. The maximum atomic E-state index is 14.3. The number of nitrogens with two attached hydrogens (primary N) is 2. The van der Waals surface area contributed by atoms with Crippen LogP contribution in [0.15, 0.2) is 42.5 Å². The van der Waals surface area contributed by atoms with Gasteiger partial charge in [0.1, 0.15) is 16.7 Å². The van der Waals surface area contributed by atoms with Crippen LogP contribution in [0.1, 0.15) is 70.8 Å². The van der Waals surface area contributed by atoms with Crippen molar-refractivity contribution in [2.75, 3.05) is 24.0 Å². The zero-order valence-electron chi connectivity index (χ0n) is 22.1. The highest BCUT2D eigenvalue weighted by Gasteiger charge is 2.37. The second-order valence-corrected chi connectivity index (χ2v) is 10.4. The van der Waals surface area contributed by atoms with Gasteiger partial charge in [-0.2, -0.15) is 4.37 Å². The molecule has 1 saturated carbocycles. The van der Waals surface area contributed by atoms with Crippen LogP contribution in [-0.4, -0.2) is 41.5 Å². The molecule has 5 N–H and O–H groups in total. The first-order valence-corrected chi connectivity index (χ1v) is 14.0. The summed E-state index contributed by atoms with van der Waals surface area (Å²) < 4.78 is 20.6. The number of benzene rings is 2. The zero-order chi connectivity index (χ0) is 28.2. The van der Waals surface area contributed by atoms with Crippen LogP contribution in [0.3, 0.4) is 0 Å². The highest BCUT2D eigenvalue weighted by atomic mass is 32.1. The fourth-order valence-electron chi connectivity index (χ4n) is 5.01. The number of primary amides is 1. The fourth-order valence-corrected chi connectivity index (χ4v) is 5.76. The van der Waals surface area contributed by atoms with E-state index in [0.29, 0.717) is 35.1 Å². The minimum atomic E-state index is -1.09. The first kappa shape index (κ1) is 27.3. The number of carbonyl (C=O) groups is 3. The van der Waals surface area contributed by atoms with Gasteiger partial charge in [-0.15, -0.1) is 0 Å². The van der Waals surface area contributed by atoms with Crippen molar-refractivity contribution in [1.82, 2.24) is 9.69 Å². The summed E-state index contributed by atoms with van der Waals surface area (Å²) in [6.07, 6.45) is 4.91. The number of hydrogen-bond donors (Lipinski definition) is 3. The summed E-state index contributed by atoms with van der Waals surface area (Å²) in [6, 6.07) is 10.9. The molecule has 1 fully saturated rings. The number of aromatic nitrogens is 1. The Morgan fingerprint density at radius 1 is 1.10 bits per heavy atom. The number of fused-ring (bicyclic) bond motifs is 1. The monoisotopic (exact) mass is 565 g/mol. The Bertz CT molecular complexity index is 1400. The first-order valence-electron chi connectivity index (χ1n) is 13.2. The van der Waals surface area contributed by atoms with Crippen molar-refractivity contribution in [2.24, 2.45) is 5.73 Å². The molecule has 0 spiro atoms. The molecule has 3 aromatic rings. The Hall–Kier alpha value is -4.32. The summed E-state index contributed by atoms with van der Waals surface area (Å²) in [5.41, 5.74) is 12.2. The van der Waals surface area contributed by atoms with E-state index in [0.717, 1.165) is 43.6 Å². The molecule has 0 bridgehead atoms. The Kier molecular flexibility index (Phi) is 8.06. The van der Waals surface area contributed by atoms with Gasteiger partial charge in [0.15, 0.2) is 17.2 Å². The third-order valence-corrected chi connectivity index (χ3v) is 7.82. The van der Waals surface area contributed by atoms with E-state index in [1.54, 1.807) is 42.5 Å². The van der Waals surface area contributed by atoms with Crippen LogP contribution in [0.5, 0.6) is 17.2 Å². The molecule has 1 aliphatic heterocycles. The first-order chi connectivity index (χ1) is 19.4. The van der Waals surface area contributed by atoms with E-state index < -0.39 is 17.9 Å². The van der Waals surface area contributed by atoms with Gasteiger partial charge in [-0.1, -0.05) is 31.4 Å². The van der Waals surface area contributed by atoms with Crippen LogP contribution < -0.4 is 35.9 Å². The van der Waals surface area contributed by atoms with Crippen molar-refractivity contribution in [3.8, 4) is 17.2 Å². The highest BCUT2D eigenvalue weighted by molar-refractivity contribution is 7.09. The minimum Gasteiger partial charge on any atom is -0.494 e. The number of nitrogens with one attached hydrogen (secondary N) is 1. The summed E-state index contributed by atoms with van der Waals surface area (Å²) >= 11 is 0.755. The van der Waals surface area contributed by atoms with E-state index >= 15 is 0 Å². The lowest BCUT2D eigenvalue weighted by Gasteiger charge is -2.33. The number of nitrogens with zero attached hydrogens (tertiary/aromatic N) is 2. The standard InChI is InChI=1S/C28H31N5O6S/c1-2-37-19-11-8-16(9-12-19)24(27(35)31-17-6-4-3-5-7-17)33(18-10-13-20-21(14-18)39-15-38-20)28(36)25-22(29)23(26(30)34)32-40-25/h8-14,17,24H,2-7,15,29H2,1H3,(H2,30,34)(H,31,35)/t24-/m1/s1. The van der Waals surface area contributed by atoms with E-state index in [4.69, 9.17) is 25.7 Å². The van der Waals surface area contributed by atoms with E-state index in [2.05, 4.69) is 9.69 Å². The van der Waals surface area contributed by atoms with Crippen LogP contribution in [0.4, 0.5) is 11.4 Å². The number of carbonyl (C=O) groups excluding carboxylic acids is 3. The lowest BCUT2D eigenvalue weighted by molar-refractivity contribution is -0.123. The van der Waals surface area contributed by atoms with Crippen molar-refractivity contribution in [2.45, 2.75) is 51.1 Å². The quantitative estimate of drug-likeness (QED) is 0.353. The molecule has 40 heavy (non-hydrogen) atoms. The minimum absolute atomic E-state index is 0.00454. The van der Waals surface area contributed by atoms with Crippen molar-refractivity contribution >= 4 is 40.6 Å². The van der Waals surface area contributed by atoms with Crippen LogP contribution in [-0.2, 0) is 4.79 Å². The Morgan fingerprint density at radius 3 is 2.50 bits per heavy atom. The molecule has 12 heteroatoms. The molecule has 0 radical (unpaired) electrons. The molecular weight excluding hydrogens is 534 g/mol. The maximum Gasteiger partial charge on any atom is 0.273 e. The smallest absolute Gasteiger partial charge is 0.273 e.